The van der Waals surface area contributed by atoms with Gasteiger partial charge in [0.1, 0.15) is 11.6 Å². The molecule has 0 bridgehead atoms. The molecule has 0 saturated carbocycles. The Bertz CT molecular complexity index is 2950. The molecule has 2 aliphatic rings. The third-order valence-corrected chi connectivity index (χ3v) is 10.6. The molecule has 1 N–H and O–H groups in total. The summed E-state index contributed by atoms with van der Waals surface area (Å²) < 4.78 is 8.43. The van der Waals surface area contributed by atoms with Crippen molar-refractivity contribution in [2.75, 3.05) is 0 Å². The van der Waals surface area contributed by atoms with Crippen LogP contribution in [0, 0.1) is 12.3 Å². The average molecular weight is 697 g/mol. The summed E-state index contributed by atoms with van der Waals surface area (Å²) in [5.74, 6) is 1.70. The number of allylic oxidation sites excluding steroid dienone is 3. The molecule has 0 radical (unpaired) electrons. The van der Waals surface area contributed by atoms with E-state index in [-0.39, 0.29) is 5.84 Å². The third kappa shape index (κ3) is 5.62. The van der Waals surface area contributed by atoms with E-state index in [9.17, 15) is 0 Å². The lowest BCUT2D eigenvalue weighted by Crippen LogP contribution is -2.06. The van der Waals surface area contributed by atoms with Crippen LogP contribution >= 0.6 is 0 Å². The molecular weight excluding hydrogens is 661 g/mol. The fourth-order valence-electron chi connectivity index (χ4n) is 8.03. The molecule has 258 valence electrons. The van der Waals surface area contributed by atoms with Gasteiger partial charge in [-0.2, -0.15) is 0 Å². The van der Waals surface area contributed by atoms with Crippen LogP contribution in [0.4, 0.5) is 0 Å². The second-order valence-electron chi connectivity index (χ2n) is 14.3. The lowest BCUT2D eigenvalue weighted by molar-refractivity contribution is 0.470. The topological polar surface area (TPSA) is 62.7 Å². The Morgan fingerprint density at radius 2 is 1.59 bits per heavy atom. The quantitative estimate of drug-likeness (QED) is 0.109. The Kier molecular flexibility index (Phi) is 7.65. The average Bonchev–Trinajstić information content (AvgIpc) is 3.35. The number of nitrogens with zero attached hydrogens (tertiary/aromatic N) is 3. The number of hydrogen-bond donors (Lipinski definition) is 1. The number of aliphatic imine (C=N–C) groups is 2. The first-order chi connectivity index (χ1) is 26.6. The van der Waals surface area contributed by atoms with E-state index in [1.807, 2.05) is 6.21 Å². The molecule has 10 rings (SSSR count). The summed E-state index contributed by atoms with van der Waals surface area (Å²) in [5, 5.41) is 16.2. The minimum absolute atomic E-state index is 0.252. The van der Waals surface area contributed by atoms with Gasteiger partial charge in [-0.15, -0.1) is 0 Å². The number of nitrogens with one attached hydrogen (secondary N) is 1. The van der Waals surface area contributed by atoms with E-state index in [4.69, 9.17) is 20.1 Å². The molecule has 8 aromatic rings. The van der Waals surface area contributed by atoms with Gasteiger partial charge in [-0.3, -0.25) is 5.41 Å². The molecule has 0 unspecified atom stereocenters. The van der Waals surface area contributed by atoms with Crippen molar-refractivity contribution in [3.8, 4) is 11.4 Å². The Morgan fingerprint density at radius 3 is 2.50 bits per heavy atom. The number of ether oxygens (including phenoxy) is 1. The van der Waals surface area contributed by atoms with Gasteiger partial charge in [0.25, 0.3) is 0 Å². The van der Waals surface area contributed by atoms with E-state index in [2.05, 4.69) is 157 Å². The van der Waals surface area contributed by atoms with Crippen molar-refractivity contribution in [2.24, 2.45) is 9.98 Å². The van der Waals surface area contributed by atoms with Crippen LogP contribution in [0.3, 0.4) is 0 Å². The minimum atomic E-state index is 0.252. The number of rotatable bonds is 5. The van der Waals surface area contributed by atoms with Crippen LogP contribution in [0.15, 0.2) is 150 Å². The molecule has 5 nitrogen and oxygen atoms in total. The molecule has 0 saturated heterocycles. The highest BCUT2D eigenvalue weighted by atomic mass is 16.5. The molecule has 0 fully saturated rings. The van der Waals surface area contributed by atoms with E-state index >= 15 is 0 Å². The van der Waals surface area contributed by atoms with Crippen molar-refractivity contribution in [3.05, 3.63) is 179 Å². The van der Waals surface area contributed by atoms with Gasteiger partial charge in [0.2, 0.25) is 0 Å². The highest BCUT2D eigenvalue weighted by Gasteiger charge is 2.22. The summed E-state index contributed by atoms with van der Waals surface area (Å²) in [7, 11) is 0. The molecular formula is C49H36N4O. The number of hydrogen-bond acceptors (Lipinski definition) is 2. The largest absolute Gasteiger partial charge is 0.464 e. The van der Waals surface area contributed by atoms with Crippen molar-refractivity contribution in [1.29, 1.82) is 5.41 Å². The predicted octanol–water partition coefficient (Wildman–Crippen LogP) is 11.8. The van der Waals surface area contributed by atoms with Crippen molar-refractivity contribution in [2.45, 2.75) is 26.2 Å². The molecule has 2 heterocycles. The summed E-state index contributed by atoms with van der Waals surface area (Å²) in [6.45, 7) is 2.11. The lowest BCUT2D eigenvalue weighted by Gasteiger charge is -2.16. The minimum Gasteiger partial charge on any atom is -0.464 e. The molecule has 1 aromatic heterocycles. The fourth-order valence-corrected chi connectivity index (χ4v) is 8.03. The van der Waals surface area contributed by atoms with Crippen molar-refractivity contribution >= 4 is 73.4 Å². The SMILES string of the molecule is Cc1ccc2cc(CC(=N)N=C(N=Cc3ccc4c(c3)C=CCC=C4)c3ccc(-n4c5cccc6ccc7c8c(cc4c7c65)CC=CO8)cc3)ccc2c1. The van der Waals surface area contributed by atoms with Crippen molar-refractivity contribution in [1.82, 2.24) is 4.57 Å². The van der Waals surface area contributed by atoms with Gasteiger partial charge < -0.3 is 9.30 Å². The third-order valence-electron chi connectivity index (χ3n) is 10.6. The van der Waals surface area contributed by atoms with Gasteiger partial charge in [0.15, 0.2) is 5.84 Å². The van der Waals surface area contributed by atoms with Crippen molar-refractivity contribution < 1.29 is 4.74 Å². The summed E-state index contributed by atoms with van der Waals surface area (Å²) in [5.41, 5.74) is 11.0. The van der Waals surface area contributed by atoms with Gasteiger partial charge in [0.05, 0.1) is 17.3 Å². The zero-order chi connectivity index (χ0) is 36.2. The van der Waals surface area contributed by atoms with Crippen LogP contribution in [-0.2, 0) is 12.8 Å². The monoisotopic (exact) mass is 696 g/mol. The number of benzene rings is 7. The standard InChI is InChI=1S/C49H36N4O/c1-31-12-15-39-26-32(13-17-38(39)25-31)28-45(50)52-49(51-30-33-14-16-34-7-3-2-4-8-37(34)27-33)36-18-21-41(22-19-36)53-43-11-5-9-35-20-23-42-47(46(35)43)44(53)29-40-10-6-24-54-48(40)42/h3-9,11-27,29-30,50H,2,10,28H2,1H3. The maximum Gasteiger partial charge on any atom is 0.161 e. The first-order valence-corrected chi connectivity index (χ1v) is 18.5. The summed E-state index contributed by atoms with van der Waals surface area (Å²) >= 11 is 0. The lowest BCUT2D eigenvalue weighted by atomic mass is 9.97. The fraction of sp³-hybridized carbons (Fsp3) is 0.0816. The van der Waals surface area contributed by atoms with Gasteiger partial charge in [-0.05, 0) is 113 Å². The number of fused-ring (bicyclic) bond motifs is 4. The van der Waals surface area contributed by atoms with Crippen LogP contribution in [0.2, 0.25) is 0 Å². The van der Waals surface area contributed by atoms with Gasteiger partial charge in [0, 0.05) is 45.6 Å². The Hall–Kier alpha value is -6.85. The maximum atomic E-state index is 9.04. The number of amidine groups is 2. The molecule has 7 aromatic carbocycles. The van der Waals surface area contributed by atoms with Crippen LogP contribution in [-0.4, -0.2) is 22.5 Å². The Balaban J connectivity index is 1.05. The molecule has 5 heteroatoms. The van der Waals surface area contributed by atoms with Crippen LogP contribution < -0.4 is 4.74 Å². The zero-order valence-corrected chi connectivity index (χ0v) is 29.9. The highest BCUT2D eigenvalue weighted by molar-refractivity contribution is 6.25. The first kappa shape index (κ1) is 31.9. The molecule has 0 amide bonds. The van der Waals surface area contributed by atoms with Gasteiger partial charge in [-0.1, -0.05) is 96.6 Å². The summed E-state index contributed by atoms with van der Waals surface area (Å²) in [4.78, 5) is 9.82. The van der Waals surface area contributed by atoms with E-state index in [1.54, 1.807) is 6.26 Å². The predicted molar refractivity (Wildman–Crippen MR) is 226 cm³/mol. The van der Waals surface area contributed by atoms with Gasteiger partial charge in [-0.25, -0.2) is 9.98 Å². The smallest absolute Gasteiger partial charge is 0.161 e. The van der Waals surface area contributed by atoms with Crippen molar-refractivity contribution in [3.63, 3.8) is 0 Å². The number of aryl methyl sites for hydroxylation is 1. The van der Waals surface area contributed by atoms with Crippen LogP contribution in [0.5, 0.6) is 5.75 Å². The molecule has 0 spiro atoms. The molecule has 0 atom stereocenters. The molecule has 1 aliphatic heterocycles. The van der Waals surface area contributed by atoms with E-state index in [0.717, 1.165) is 68.3 Å². The highest BCUT2D eigenvalue weighted by Crippen LogP contribution is 2.44. The maximum absolute atomic E-state index is 9.04. The molecule has 1 aliphatic carbocycles. The normalized spacial score (nSPS) is 14.0. The van der Waals surface area contributed by atoms with E-state index in [0.29, 0.717) is 12.3 Å². The summed E-state index contributed by atoms with van der Waals surface area (Å²) in [6.07, 6.45) is 16.6. The second kappa shape index (κ2) is 13.0. The Labute approximate surface area is 313 Å². The van der Waals surface area contributed by atoms with E-state index in [1.165, 1.54) is 38.2 Å². The Morgan fingerprint density at radius 1 is 0.759 bits per heavy atom. The van der Waals surface area contributed by atoms with Gasteiger partial charge >= 0.3 is 0 Å². The summed E-state index contributed by atoms with van der Waals surface area (Å²) in [6, 6.07) is 40.8. The van der Waals surface area contributed by atoms with Crippen LogP contribution in [0.25, 0.3) is 61.2 Å². The van der Waals surface area contributed by atoms with E-state index < -0.39 is 0 Å². The first-order valence-electron chi connectivity index (χ1n) is 18.5. The number of aromatic nitrogens is 1. The zero-order valence-electron chi connectivity index (χ0n) is 29.9. The molecule has 54 heavy (non-hydrogen) atoms. The second-order valence-corrected chi connectivity index (χ2v) is 14.3. The van der Waals surface area contributed by atoms with Crippen LogP contribution in [0.1, 0.15) is 45.4 Å².